The summed E-state index contributed by atoms with van der Waals surface area (Å²) < 4.78 is 32.8. The van der Waals surface area contributed by atoms with Crippen LogP contribution in [0.5, 0.6) is 0 Å². The fourth-order valence-electron chi connectivity index (χ4n) is 4.61. The molecule has 2 fully saturated rings. The zero-order chi connectivity index (χ0) is 23.0. The van der Waals surface area contributed by atoms with Gasteiger partial charge in [-0.05, 0) is 38.0 Å². The van der Waals surface area contributed by atoms with Crippen LogP contribution in [0, 0.1) is 6.92 Å². The Balaban J connectivity index is 1.28. The van der Waals surface area contributed by atoms with E-state index in [1.54, 1.807) is 0 Å². The van der Waals surface area contributed by atoms with E-state index in [1.807, 2.05) is 13.0 Å². The van der Waals surface area contributed by atoms with Crippen LogP contribution in [0.4, 0.5) is 11.8 Å². The van der Waals surface area contributed by atoms with Gasteiger partial charge in [-0.25, -0.2) is 18.2 Å². The van der Waals surface area contributed by atoms with Gasteiger partial charge in [0.2, 0.25) is 16.0 Å². The van der Waals surface area contributed by atoms with Crippen molar-refractivity contribution in [3.63, 3.8) is 0 Å². The van der Waals surface area contributed by atoms with Crippen molar-refractivity contribution in [3.05, 3.63) is 40.5 Å². The highest BCUT2D eigenvalue weighted by molar-refractivity contribution is 7.89. The van der Waals surface area contributed by atoms with Gasteiger partial charge < -0.3 is 14.6 Å². The molecule has 5 rings (SSSR count). The average Bonchev–Trinajstić information content (AvgIpc) is 3.19. The highest BCUT2D eigenvalue weighted by Crippen LogP contribution is 2.25. The predicted octanol–water partition coefficient (Wildman–Crippen LogP) is 2.48. The molecule has 10 nitrogen and oxygen atoms in total. The lowest BCUT2D eigenvalue weighted by Crippen LogP contribution is -2.49. The molecule has 3 aromatic rings. The number of hydrogen-bond acceptors (Lipinski definition) is 8. The molecule has 0 spiro atoms. The number of rotatable bonds is 5. The van der Waals surface area contributed by atoms with E-state index in [1.165, 1.54) is 41.8 Å². The number of aromatic nitrogens is 3. The summed E-state index contributed by atoms with van der Waals surface area (Å²) in [5.41, 5.74) is 1.59. The van der Waals surface area contributed by atoms with Crippen LogP contribution in [0.1, 0.15) is 37.8 Å². The molecule has 176 valence electrons. The van der Waals surface area contributed by atoms with Gasteiger partial charge >= 0.3 is 5.76 Å². The molecule has 0 bridgehead atoms. The Morgan fingerprint density at radius 3 is 2.58 bits per heavy atom. The van der Waals surface area contributed by atoms with Crippen LogP contribution in [0.2, 0.25) is 0 Å². The highest BCUT2D eigenvalue weighted by Gasteiger charge is 2.29. The number of nitrogens with zero attached hydrogens (tertiary/aromatic N) is 4. The quantitative estimate of drug-likeness (QED) is 0.580. The first-order valence-corrected chi connectivity index (χ1v) is 12.8. The fourth-order valence-corrected chi connectivity index (χ4v) is 6.06. The fraction of sp³-hybridized carbons (Fsp3) is 0.500. The number of aromatic amines is 1. The summed E-state index contributed by atoms with van der Waals surface area (Å²) in [7, 11) is -3.69. The maximum atomic E-state index is 13.2. The molecule has 1 saturated heterocycles. The Labute approximate surface area is 192 Å². The smallest absolute Gasteiger partial charge is 0.408 e. The van der Waals surface area contributed by atoms with Crippen LogP contribution < -0.4 is 16.0 Å². The Bertz CT molecular complexity index is 1300. The van der Waals surface area contributed by atoms with Crippen molar-refractivity contribution in [2.75, 3.05) is 36.4 Å². The van der Waals surface area contributed by atoms with Gasteiger partial charge in [0.1, 0.15) is 5.82 Å². The van der Waals surface area contributed by atoms with E-state index in [4.69, 9.17) is 9.40 Å². The molecule has 3 heterocycles. The van der Waals surface area contributed by atoms with Gasteiger partial charge in [0.25, 0.3) is 0 Å². The Morgan fingerprint density at radius 2 is 1.82 bits per heavy atom. The number of H-pyrrole nitrogens is 1. The molecule has 11 heteroatoms. The van der Waals surface area contributed by atoms with Crippen LogP contribution >= 0.6 is 0 Å². The second kappa shape index (κ2) is 8.79. The Hall–Kier alpha value is -2.92. The summed E-state index contributed by atoms with van der Waals surface area (Å²) in [4.78, 5) is 25.4. The molecule has 1 aliphatic carbocycles. The van der Waals surface area contributed by atoms with E-state index in [0.29, 0.717) is 49.3 Å². The third-order valence-corrected chi connectivity index (χ3v) is 8.26. The Morgan fingerprint density at radius 1 is 1.06 bits per heavy atom. The average molecular weight is 473 g/mol. The van der Waals surface area contributed by atoms with Crippen molar-refractivity contribution in [2.45, 2.75) is 50.0 Å². The lowest BCUT2D eigenvalue weighted by molar-refractivity contribution is 0.383. The third kappa shape index (κ3) is 4.60. The second-order valence-corrected chi connectivity index (χ2v) is 10.7. The van der Waals surface area contributed by atoms with Gasteiger partial charge in [-0.1, -0.05) is 19.3 Å². The molecule has 2 aliphatic rings. The standard InChI is InChI=1S/C22H28N6O4S/c1-15-13-20(26-21(23-15)24-16-5-3-2-4-6-16)27-9-11-28(12-10-27)33(30,31)17-7-8-19-18(14-17)25-22(29)32-19/h7-8,13-14,16H,2-6,9-12H2,1H3,(H,25,29)(H,23,24,26). The molecule has 1 aromatic carbocycles. The SMILES string of the molecule is Cc1cc(N2CCN(S(=O)(=O)c3ccc4oc(=O)[nH]c4c3)CC2)nc(NC2CCCCC2)n1. The first kappa shape index (κ1) is 21.9. The summed E-state index contributed by atoms with van der Waals surface area (Å²) in [6.45, 7) is 3.70. The van der Waals surface area contributed by atoms with Crippen LogP contribution in [-0.2, 0) is 10.0 Å². The number of hydrogen-bond donors (Lipinski definition) is 2. The number of nitrogens with one attached hydrogen (secondary N) is 2. The number of aryl methyl sites for hydroxylation is 1. The number of sulfonamides is 1. The molecule has 33 heavy (non-hydrogen) atoms. The molecule has 0 amide bonds. The molecule has 0 radical (unpaired) electrons. The number of anilines is 2. The molecule has 1 aliphatic heterocycles. The van der Waals surface area contributed by atoms with Gasteiger partial charge in [-0.15, -0.1) is 0 Å². The lowest BCUT2D eigenvalue weighted by atomic mass is 9.96. The predicted molar refractivity (Wildman–Crippen MR) is 125 cm³/mol. The van der Waals surface area contributed by atoms with Crippen LogP contribution in [-0.4, -0.2) is 59.9 Å². The summed E-state index contributed by atoms with van der Waals surface area (Å²) >= 11 is 0. The molecular formula is C22H28N6O4S. The van der Waals surface area contributed by atoms with Crippen LogP contribution in [0.25, 0.3) is 11.1 Å². The van der Waals surface area contributed by atoms with Crippen molar-refractivity contribution in [2.24, 2.45) is 0 Å². The van der Waals surface area contributed by atoms with Gasteiger partial charge in [0.15, 0.2) is 5.58 Å². The number of fused-ring (bicyclic) bond motifs is 1. The van der Waals surface area contributed by atoms with Gasteiger partial charge in [-0.2, -0.15) is 9.29 Å². The number of piperazine rings is 1. The number of benzene rings is 1. The topological polar surface area (TPSA) is 124 Å². The highest BCUT2D eigenvalue weighted by atomic mass is 32.2. The van der Waals surface area contributed by atoms with E-state index < -0.39 is 15.8 Å². The summed E-state index contributed by atoms with van der Waals surface area (Å²) in [6, 6.07) is 6.77. The van der Waals surface area contributed by atoms with Crippen LogP contribution in [0.3, 0.4) is 0 Å². The van der Waals surface area contributed by atoms with E-state index in [0.717, 1.165) is 24.4 Å². The van der Waals surface area contributed by atoms with Crippen molar-refractivity contribution < 1.29 is 12.8 Å². The number of oxazole rings is 1. The van der Waals surface area contributed by atoms with Gasteiger partial charge in [-0.3, -0.25) is 4.98 Å². The van der Waals surface area contributed by atoms with Crippen molar-refractivity contribution in [3.8, 4) is 0 Å². The summed E-state index contributed by atoms with van der Waals surface area (Å²) in [5.74, 6) is 0.857. The molecular weight excluding hydrogens is 444 g/mol. The zero-order valence-corrected chi connectivity index (χ0v) is 19.4. The normalized spacial score (nSPS) is 18.6. The second-order valence-electron chi connectivity index (χ2n) is 8.73. The molecule has 2 N–H and O–H groups in total. The van der Waals surface area contributed by atoms with Gasteiger partial charge in [0.05, 0.1) is 10.4 Å². The summed E-state index contributed by atoms with van der Waals surface area (Å²) in [6.07, 6.45) is 6.04. The minimum absolute atomic E-state index is 0.136. The minimum Gasteiger partial charge on any atom is -0.408 e. The zero-order valence-electron chi connectivity index (χ0n) is 18.6. The van der Waals surface area contributed by atoms with Crippen molar-refractivity contribution >= 4 is 32.9 Å². The molecule has 1 saturated carbocycles. The third-order valence-electron chi connectivity index (χ3n) is 6.37. The molecule has 0 atom stereocenters. The first-order valence-electron chi connectivity index (χ1n) is 11.4. The molecule has 2 aromatic heterocycles. The monoisotopic (exact) mass is 472 g/mol. The maximum Gasteiger partial charge on any atom is 0.417 e. The molecule has 0 unspecified atom stereocenters. The first-order chi connectivity index (χ1) is 15.9. The van der Waals surface area contributed by atoms with E-state index in [-0.39, 0.29) is 4.90 Å². The van der Waals surface area contributed by atoms with Crippen molar-refractivity contribution in [1.29, 1.82) is 0 Å². The van der Waals surface area contributed by atoms with E-state index in [2.05, 4.69) is 20.2 Å². The minimum atomic E-state index is -3.69. The van der Waals surface area contributed by atoms with E-state index in [9.17, 15) is 13.2 Å². The van der Waals surface area contributed by atoms with E-state index >= 15 is 0 Å². The van der Waals surface area contributed by atoms with Gasteiger partial charge in [0, 0.05) is 44.0 Å². The Kier molecular flexibility index (Phi) is 5.83. The maximum absolute atomic E-state index is 13.2. The lowest BCUT2D eigenvalue weighted by Gasteiger charge is -2.35. The summed E-state index contributed by atoms with van der Waals surface area (Å²) in [5, 5.41) is 3.48. The van der Waals surface area contributed by atoms with Crippen LogP contribution in [0.15, 0.2) is 38.4 Å². The van der Waals surface area contributed by atoms with Crippen molar-refractivity contribution in [1.82, 2.24) is 19.3 Å². The largest absolute Gasteiger partial charge is 0.417 e.